The van der Waals surface area contributed by atoms with Gasteiger partial charge in [-0.15, -0.1) is 0 Å². The molecule has 3 rings (SSSR count). The van der Waals surface area contributed by atoms with Gasteiger partial charge >= 0.3 is 6.61 Å². The summed E-state index contributed by atoms with van der Waals surface area (Å²) in [5.41, 5.74) is 1.80. The van der Waals surface area contributed by atoms with Gasteiger partial charge in [-0.2, -0.15) is 8.78 Å². The van der Waals surface area contributed by atoms with Crippen LogP contribution in [0.5, 0.6) is 5.75 Å². The number of ether oxygens (including phenoxy) is 1. The van der Waals surface area contributed by atoms with E-state index in [9.17, 15) is 18.0 Å². The molecule has 0 heterocycles. The summed E-state index contributed by atoms with van der Waals surface area (Å²) in [6.45, 7) is -2.91. The Bertz CT molecular complexity index is 915. The Hall–Kier alpha value is -3.28. The second-order valence-corrected chi connectivity index (χ2v) is 6.13. The molecule has 1 amide bonds. The highest BCUT2D eigenvalue weighted by Gasteiger charge is 2.18. The van der Waals surface area contributed by atoms with Crippen LogP contribution in [0.15, 0.2) is 78.9 Å². The first kappa shape index (κ1) is 19.5. The highest BCUT2D eigenvalue weighted by molar-refractivity contribution is 5.79. The Balaban J connectivity index is 1.82. The van der Waals surface area contributed by atoms with Crippen LogP contribution in [-0.2, 0) is 11.2 Å². The fraction of sp³-hybridized carbons (Fsp3) is 0.136. The van der Waals surface area contributed by atoms with E-state index in [4.69, 9.17) is 0 Å². The van der Waals surface area contributed by atoms with Gasteiger partial charge in [-0.3, -0.25) is 4.79 Å². The minimum Gasteiger partial charge on any atom is -0.435 e. The van der Waals surface area contributed by atoms with Crippen molar-refractivity contribution in [2.75, 3.05) is 0 Å². The van der Waals surface area contributed by atoms with Crippen LogP contribution in [0.1, 0.15) is 22.7 Å². The molecule has 0 spiro atoms. The van der Waals surface area contributed by atoms with E-state index in [-0.39, 0.29) is 18.1 Å². The Morgan fingerprint density at radius 1 is 0.857 bits per heavy atom. The molecule has 0 unspecified atom stereocenters. The molecule has 0 aliphatic carbocycles. The lowest BCUT2D eigenvalue weighted by atomic mass is 9.98. The van der Waals surface area contributed by atoms with Gasteiger partial charge in [0.2, 0.25) is 5.91 Å². The standard InChI is InChI=1S/C22H18F3NO2/c23-19-9-5-4-8-17(19)14-20(27)26-21(15-6-2-1-3-7-15)16-10-12-18(13-11-16)28-22(24)25/h1-13,21-22H,14H2,(H,26,27)/t21-/m0/s1. The van der Waals surface area contributed by atoms with Crippen LogP contribution in [0.3, 0.4) is 0 Å². The van der Waals surface area contributed by atoms with Crippen LogP contribution in [0, 0.1) is 5.82 Å². The van der Waals surface area contributed by atoms with E-state index in [2.05, 4.69) is 10.1 Å². The van der Waals surface area contributed by atoms with Crippen molar-refractivity contribution in [1.82, 2.24) is 5.32 Å². The molecule has 1 N–H and O–H groups in total. The van der Waals surface area contributed by atoms with Crippen LogP contribution in [0.2, 0.25) is 0 Å². The van der Waals surface area contributed by atoms with Gasteiger partial charge < -0.3 is 10.1 Å². The Kier molecular flexibility index (Phi) is 6.32. The van der Waals surface area contributed by atoms with Gasteiger partial charge in [0.1, 0.15) is 11.6 Å². The number of hydrogen-bond donors (Lipinski definition) is 1. The molecule has 28 heavy (non-hydrogen) atoms. The fourth-order valence-corrected chi connectivity index (χ4v) is 2.87. The summed E-state index contributed by atoms with van der Waals surface area (Å²) in [6, 6.07) is 20.8. The first-order chi connectivity index (χ1) is 13.5. The van der Waals surface area contributed by atoms with E-state index >= 15 is 0 Å². The van der Waals surface area contributed by atoms with Gasteiger partial charge in [0.15, 0.2) is 0 Å². The van der Waals surface area contributed by atoms with Crippen molar-refractivity contribution < 1.29 is 22.7 Å². The topological polar surface area (TPSA) is 38.3 Å². The molecule has 0 radical (unpaired) electrons. The number of nitrogens with one attached hydrogen (secondary N) is 1. The fourth-order valence-electron chi connectivity index (χ4n) is 2.87. The van der Waals surface area contributed by atoms with Crippen LogP contribution in [-0.4, -0.2) is 12.5 Å². The lowest BCUT2D eigenvalue weighted by molar-refractivity contribution is -0.121. The molecule has 3 aromatic rings. The van der Waals surface area contributed by atoms with Crippen LogP contribution in [0.4, 0.5) is 13.2 Å². The van der Waals surface area contributed by atoms with Crippen molar-refractivity contribution in [2.24, 2.45) is 0 Å². The molecule has 0 aliphatic heterocycles. The molecule has 3 aromatic carbocycles. The number of carbonyl (C=O) groups excluding carboxylic acids is 1. The molecule has 0 saturated carbocycles. The molecule has 0 bridgehead atoms. The van der Waals surface area contributed by atoms with Crippen molar-refractivity contribution in [3.8, 4) is 5.75 Å². The molecule has 0 fully saturated rings. The molecule has 1 atom stereocenters. The number of rotatable bonds is 7. The number of benzene rings is 3. The molecular formula is C22H18F3NO2. The van der Waals surface area contributed by atoms with Crippen molar-refractivity contribution in [2.45, 2.75) is 19.1 Å². The monoisotopic (exact) mass is 385 g/mol. The molecule has 3 nitrogen and oxygen atoms in total. The quantitative estimate of drug-likeness (QED) is 0.630. The first-order valence-electron chi connectivity index (χ1n) is 8.65. The maximum atomic E-state index is 13.8. The zero-order valence-corrected chi connectivity index (χ0v) is 14.8. The number of hydrogen-bond acceptors (Lipinski definition) is 2. The number of amides is 1. The normalized spacial score (nSPS) is 11.9. The summed E-state index contributed by atoms with van der Waals surface area (Å²) in [5.74, 6) is -0.766. The molecular weight excluding hydrogens is 367 g/mol. The molecule has 144 valence electrons. The van der Waals surface area contributed by atoms with E-state index in [1.807, 2.05) is 30.3 Å². The smallest absolute Gasteiger partial charge is 0.387 e. The second-order valence-electron chi connectivity index (χ2n) is 6.13. The summed E-state index contributed by atoms with van der Waals surface area (Å²) in [7, 11) is 0. The molecule has 0 saturated heterocycles. The Morgan fingerprint density at radius 3 is 2.11 bits per heavy atom. The average Bonchev–Trinajstić information content (AvgIpc) is 2.69. The Labute approximate surface area is 160 Å². The summed E-state index contributed by atoms with van der Waals surface area (Å²) in [4.78, 5) is 12.5. The van der Waals surface area contributed by atoms with Crippen molar-refractivity contribution >= 4 is 5.91 Å². The van der Waals surface area contributed by atoms with Crippen molar-refractivity contribution in [1.29, 1.82) is 0 Å². The lowest BCUT2D eigenvalue weighted by Gasteiger charge is -2.20. The highest BCUT2D eigenvalue weighted by Crippen LogP contribution is 2.25. The third-order valence-electron chi connectivity index (χ3n) is 4.19. The average molecular weight is 385 g/mol. The molecule has 0 aliphatic rings. The summed E-state index contributed by atoms with van der Waals surface area (Å²) < 4.78 is 42.9. The predicted molar refractivity (Wildman–Crippen MR) is 99.6 cm³/mol. The van der Waals surface area contributed by atoms with Crippen LogP contribution < -0.4 is 10.1 Å². The van der Waals surface area contributed by atoms with Gasteiger partial charge in [-0.25, -0.2) is 4.39 Å². The number of carbonyl (C=O) groups is 1. The van der Waals surface area contributed by atoms with Gasteiger partial charge in [-0.1, -0.05) is 60.7 Å². The van der Waals surface area contributed by atoms with E-state index in [1.165, 1.54) is 18.2 Å². The number of halogens is 3. The maximum Gasteiger partial charge on any atom is 0.387 e. The lowest BCUT2D eigenvalue weighted by Crippen LogP contribution is -2.30. The summed E-state index contributed by atoms with van der Waals surface area (Å²) in [5, 5.41) is 2.89. The molecule has 6 heteroatoms. The van der Waals surface area contributed by atoms with Gasteiger partial charge in [-0.05, 0) is 34.9 Å². The first-order valence-corrected chi connectivity index (χ1v) is 8.65. The minimum absolute atomic E-state index is 0.0308. The van der Waals surface area contributed by atoms with Crippen molar-refractivity contribution in [3.05, 3.63) is 101 Å². The van der Waals surface area contributed by atoms with E-state index < -0.39 is 18.5 Å². The van der Waals surface area contributed by atoms with Crippen LogP contribution >= 0.6 is 0 Å². The van der Waals surface area contributed by atoms with E-state index in [0.29, 0.717) is 11.1 Å². The summed E-state index contributed by atoms with van der Waals surface area (Å²) in [6.07, 6.45) is -0.109. The summed E-state index contributed by atoms with van der Waals surface area (Å²) >= 11 is 0. The second kappa shape index (κ2) is 9.08. The van der Waals surface area contributed by atoms with E-state index in [1.54, 1.807) is 30.3 Å². The zero-order chi connectivity index (χ0) is 19.9. The zero-order valence-electron chi connectivity index (χ0n) is 14.8. The van der Waals surface area contributed by atoms with Gasteiger partial charge in [0.25, 0.3) is 0 Å². The van der Waals surface area contributed by atoms with Gasteiger partial charge in [0, 0.05) is 0 Å². The van der Waals surface area contributed by atoms with Crippen molar-refractivity contribution in [3.63, 3.8) is 0 Å². The Morgan fingerprint density at radius 2 is 1.46 bits per heavy atom. The predicted octanol–water partition coefficient (Wildman–Crippen LogP) is 4.88. The van der Waals surface area contributed by atoms with E-state index in [0.717, 1.165) is 5.56 Å². The third-order valence-corrected chi connectivity index (χ3v) is 4.19. The number of alkyl halides is 2. The van der Waals surface area contributed by atoms with Gasteiger partial charge in [0.05, 0.1) is 12.5 Å². The maximum absolute atomic E-state index is 13.8. The highest BCUT2D eigenvalue weighted by atomic mass is 19.3. The SMILES string of the molecule is O=C(Cc1ccccc1F)N[C@@H](c1ccccc1)c1ccc(OC(F)F)cc1. The van der Waals surface area contributed by atoms with Crippen LogP contribution in [0.25, 0.3) is 0 Å². The molecule has 0 aromatic heterocycles. The third kappa shape index (κ3) is 5.13. The minimum atomic E-state index is -2.91. The largest absolute Gasteiger partial charge is 0.435 e.